The number of rotatable bonds is 2. The number of sulfone groups is 1. The third-order valence-corrected chi connectivity index (χ3v) is 6.70. The van der Waals surface area contributed by atoms with Gasteiger partial charge >= 0.3 is 12.4 Å². The second kappa shape index (κ2) is 4.50. The minimum atomic E-state index is -5.96. The second-order valence-electron chi connectivity index (χ2n) is 5.90. The van der Waals surface area contributed by atoms with Crippen LogP contribution in [0.4, 0.5) is 26.3 Å². The van der Waals surface area contributed by atoms with Gasteiger partial charge in [0.25, 0.3) is 4.75 Å². The Morgan fingerprint density at radius 1 is 0.905 bits per heavy atom. The zero-order valence-corrected chi connectivity index (χ0v) is 11.7. The molecule has 0 aromatic carbocycles. The highest BCUT2D eigenvalue weighted by molar-refractivity contribution is 7.92. The van der Waals surface area contributed by atoms with Crippen LogP contribution < -0.4 is 0 Å². The van der Waals surface area contributed by atoms with Gasteiger partial charge in [0, 0.05) is 6.26 Å². The molecule has 0 aromatic heterocycles. The van der Waals surface area contributed by atoms with Crippen molar-refractivity contribution in [3.8, 4) is 0 Å². The van der Waals surface area contributed by atoms with Crippen LogP contribution in [0.3, 0.4) is 0 Å². The Balaban J connectivity index is 2.63. The molecule has 4 unspecified atom stereocenters. The Hall–Kier alpha value is -0.510. The molecule has 2 saturated carbocycles. The largest absolute Gasteiger partial charge is 0.417 e. The SMILES string of the molecule is CS(=O)(=O)C(C1CC2CC1CC2O)(C(F)(F)F)C(F)(F)F. The summed E-state index contributed by atoms with van der Waals surface area (Å²) in [6.45, 7) is 0. The summed E-state index contributed by atoms with van der Waals surface area (Å²) in [7, 11) is -5.50. The summed E-state index contributed by atoms with van der Waals surface area (Å²) in [6, 6.07) is 0. The maximum atomic E-state index is 13.3. The van der Waals surface area contributed by atoms with Gasteiger partial charge in [-0.3, -0.25) is 0 Å². The molecule has 0 amide bonds. The first-order valence-corrected chi connectivity index (χ1v) is 8.13. The van der Waals surface area contributed by atoms with Gasteiger partial charge in [0.15, 0.2) is 9.84 Å². The van der Waals surface area contributed by atoms with E-state index in [1.165, 1.54) is 0 Å². The van der Waals surface area contributed by atoms with Crippen molar-refractivity contribution in [2.45, 2.75) is 42.5 Å². The summed E-state index contributed by atoms with van der Waals surface area (Å²) < 4.78 is 98.1. The van der Waals surface area contributed by atoms with Gasteiger partial charge in [-0.2, -0.15) is 26.3 Å². The van der Waals surface area contributed by atoms with Crippen molar-refractivity contribution in [3.63, 3.8) is 0 Å². The van der Waals surface area contributed by atoms with Crippen molar-refractivity contribution < 1.29 is 39.9 Å². The van der Waals surface area contributed by atoms with Crippen LogP contribution in [0.25, 0.3) is 0 Å². The summed E-state index contributed by atoms with van der Waals surface area (Å²) >= 11 is 0. The summed E-state index contributed by atoms with van der Waals surface area (Å²) in [5, 5.41) is 9.50. The molecular weight excluding hydrogens is 326 g/mol. The van der Waals surface area contributed by atoms with E-state index in [0.29, 0.717) is 0 Å². The summed E-state index contributed by atoms with van der Waals surface area (Å²) in [6.07, 6.45) is -13.7. The van der Waals surface area contributed by atoms with E-state index in [4.69, 9.17) is 0 Å². The van der Waals surface area contributed by atoms with Crippen LogP contribution in [0.1, 0.15) is 19.3 Å². The first-order valence-electron chi connectivity index (χ1n) is 6.24. The van der Waals surface area contributed by atoms with Crippen LogP contribution in [0, 0.1) is 17.8 Å². The second-order valence-corrected chi connectivity index (χ2v) is 8.09. The molecular formula is C11H14F6O3S. The molecule has 2 bridgehead atoms. The van der Waals surface area contributed by atoms with Crippen LogP contribution in [0.5, 0.6) is 0 Å². The minimum absolute atomic E-state index is 0.00470. The fourth-order valence-electron chi connectivity index (χ4n) is 4.02. The number of halogens is 6. The molecule has 3 nitrogen and oxygen atoms in total. The Labute approximate surface area is 117 Å². The fraction of sp³-hybridized carbons (Fsp3) is 1.00. The number of aliphatic hydroxyl groups excluding tert-OH is 1. The third-order valence-electron chi connectivity index (χ3n) is 4.77. The highest BCUT2D eigenvalue weighted by Gasteiger charge is 2.82. The molecule has 4 atom stereocenters. The van der Waals surface area contributed by atoms with E-state index >= 15 is 0 Å². The van der Waals surface area contributed by atoms with Gasteiger partial charge in [-0.25, -0.2) is 8.42 Å². The molecule has 21 heavy (non-hydrogen) atoms. The van der Waals surface area contributed by atoms with E-state index in [1.807, 2.05) is 0 Å². The Morgan fingerprint density at radius 2 is 1.38 bits per heavy atom. The van der Waals surface area contributed by atoms with Crippen molar-refractivity contribution in [3.05, 3.63) is 0 Å². The molecule has 10 heteroatoms. The van der Waals surface area contributed by atoms with E-state index < -0.39 is 57.2 Å². The van der Waals surface area contributed by atoms with Crippen molar-refractivity contribution in [1.82, 2.24) is 0 Å². The van der Waals surface area contributed by atoms with E-state index in [1.54, 1.807) is 0 Å². The van der Waals surface area contributed by atoms with Crippen LogP contribution in [0.15, 0.2) is 0 Å². The van der Waals surface area contributed by atoms with Gasteiger partial charge in [0.05, 0.1) is 6.10 Å². The van der Waals surface area contributed by atoms with Gasteiger partial charge in [0.1, 0.15) is 0 Å². The van der Waals surface area contributed by atoms with Crippen molar-refractivity contribution in [2.24, 2.45) is 17.8 Å². The quantitative estimate of drug-likeness (QED) is 0.785. The third kappa shape index (κ3) is 2.16. The highest BCUT2D eigenvalue weighted by Crippen LogP contribution is 2.62. The maximum absolute atomic E-state index is 13.3. The minimum Gasteiger partial charge on any atom is -0.393 e. The Kier molecular flexibility index (Phi) is 3.61. The molecule has 0 radical (unpaired) electrons. The number of hydrogen-bond acceptors (Lipinski definition) is 3. The number of aliphatic hydroxyl groups is 1. The lowest BCUT2D eigenvalue weighted by molar-refractivity contribution is -0.285. The molecule has 2 aliphatic carbocycles. The molecule has 0 saturated heterocycles. The van der Waals surface area contributed by atoms with Gasteiger partial charge in [0.2, 0.25) is 0 Å². The van der Waals surface area contributed by atoms with E-state index in [0.717, 1.165) is 0 Å². The molecule has 0 heterocycles. The Morgan fingerprint density at radius 3 is 1.62 bits per heavy atom. The van der Waals surface area contributed by atoms with Crippen LogP contribution in [0.2, 0.25) is 0 Å². The van der Waals surface area contributed by atoms with Crippen molar-refractivity contribution in [2.75, 3.05) is 6.26 Å². The van der Waals surface area contributed by atoms with Gasteiger partial charge in [-0.15, -0.1) is 0 Å². The molecule has 1 N–H and O–H groups in total. The van der Waals surface area contributed by atoms with Crippen LogP contribution >= 0.6 is 0 Å². The van der Waals surface area contributed by atoms with E-state index in [-0.39, 0.29) is 19.1 Å². The normalized spacial score (nSPS) is 34.5. The highest BCUT2D eigenvalue weighted by atomic mass is 32.2. The summed E-state index contributed by atoms with van der Waals surface area (Å²) in [4.78, 5) is 0. The zero-order valence-electron chi connectivity index (χ0n) is 10.9. The van der Waals surface area contributed by atoms with Gasteiger partial charge < -0.3 is 5.11 Å². The topological polar surface area (TPSA) is 54.4 Å². The summed E-state index contributed by atoms with van der Waals surface area (Å²) in [5.41, 5.74) is 0. The molecule has 124 valence electrons. The molecule has 0 spiro atoms. The molecule has 0 aliphatic heterocycles. The lowest BCUT2D eigenvalue weighted by Crippen LogP contribution is -2.67. The average Bonchev–Trinajstić information content (AvgIpc) is 2.69. The molecule has 0 aromatic rings. The standard InChI is InChI=1S/C11H14F6O3S/c1-21(19,20)9(10(12,13)14,11(15,16)17)7-3-6-2-5(7)4-8(6)18/h5-8,18H,2-4H2,1H3. The van der Waals surface area contributed by atoms with Gasteiger partial charge in [-0.05, 0) is 37.0 Å². The van der Waals surface area contributed by atoms with Crippen molar-refractivity contribution in [1.29, 1.82) is 0 Å². The summed E-state index contributed by atoms with van der Waals surface area (Å²) in [5.74, 6) is -3.89. The molecule has 2 rings (SSSR count). The van der Waals surface area contributed by atoms with E-state index in [2.05, 4.69) is 0 Å². The van der Waals surface area contributed by atoms with Crippen LogP contribution in [-0.4, -0.2) is 43.0 Å². The van der Waals surface area contributed by atoms with Crippen LogP contribution in [-0.2, 0) is 9.84 Å². The van der Waals surface area contributed by atoms with E-state index in [9.17, 15) is 39.9 Å². The number of fused-ring (bicyclic) bond motifs is 2. The molecule has 2 fully saturated rings. The lowest BCUT2D eigenvalue weighted by Gasteiger charge is -2.43. The monoisotopic (exact) mass is 340 g/mol. The number of hydrogen-bond donors (Lipinski definition) is 1. The zero-order chi connectivity index (χ0) is 16.4. The fourth-order valence-corrected chi connectivity index (χ4v) is 5.70. The smallest absolute Gasteiger partial charge is 0.393 e. The molecule has 2 aliphatic rings. The average molecular weight is 340 g/mol. The lowest BCUT2D eigenvalue weighted by atomic mass is 9.77. The predicted octanol–water partition coefficient (Wildman–Crippen LogP) is 2.30. The van der Waals surface area contributed by atoms with Gasteiger partial charge in [-0.1, -0.05) is 0 Å². The predicted molar refractivity (Wildman–Crippen MR) is 60.0 cm³/mol. The van der Waals surface area contributed by atoms with Crippen molar-refractivity contribution >= 4 is 9.84 Å². The first kappa shape index (κ1) is 16.9. The maximum Gasteiger partial charge on any atom is 0.417 e. The number of alkyl halides is 6. The Bertz CT molecular complexity index is 507. The first-order chi connectivity index (χ1) is 9.23.